The van der Waals surface area contributed by atoms with E-state index in [4.69, 9.17) is 4.42 Å². The summed E-state index contributed by atoms with van der Waals surface area (Å²) < 4.78 is 6.39. The minimum absolute atomic E-state index is 0.871. The molecule has 0 fully saturated rings. The fourth-order valence-corrected chi connectivity index (χ4v) is 8.61. The third-order valence-electron chi connectivity index (χ3n) is 11.3. The average molecular weight is 714 g/mol. The average Bonchev–Trinajstić information content (AvgIpc) is 3.65. The van der Waals surface area contributed by atoms with E-state index in [2.05, 4.69) is 205 Å². The van der Waals surface area contributed by atoms with E-state index >= 15 is 0 Å². The number of nitrogens with zero attached hydrogens (tertiary/aromatic N) is 1. The van der Waals surface area contributed by atoms with Gasteiger partial charge in [0.2, 0.25) is 0 Å². The number of para-hydroxylation sites is 1. The van der Waals surface area contributed by atoms with Crippen LogP contribution >= 0.6 is 0 Å². The van der Waals surface area contributed by atoms with E-state index in [1.165, 1.54) is 65.7 Å². The lowest BCUT2D eigenvalue weighted by Crippen LogP contribution is -2.09. The van der Waals surface area contributed by atoms with Crippen LogP contribution in [0.5, 0.6) is 0 Å². The van der Waals surface area contributed by atoms with Crippen LogP contribution in [0.2, 0.25) is 0 Å². The lowest BCUT2D eigenvalue weighted by molar-refractivity contribution is 0.669. The Kier molecular flexibility index (Phi) is 7.53. The minimum atomic E-state index is 0.871. The molecule has 0 saturated carbocycles. The Balaban J connectivity index is 1.01. The van der Waals surface area contributed by atoms with Gasteiger partial charge in [-0.25, -0.2) is 0 Å². The number of hydrogen-bond donors (Lipinski definition) is 0. The standard InChI is InChI=1S/C54H35NO/c1-2-11-36(12-3-1)45-18-9-20-47-48-21-10-19-46(50(48)34-33-49(45)47)39-25-29-41(30-26-39)55(42-31-32-52-51-16-6-7-22-53(51)56-54(52)35-42)40-27-23-38(24-28-40)44-17-8-14-37-13-4-5-15-43(37)44/h1-35H. The van der Waals surface area contributed by atoms with E-state index in [0.717, 1.165) is 39.0 Å². The summed E-state index contributed by atoms with van der Waals surface area (Å²) in [6, 6.07) is 76.4. The molecule has 11 aromatic rings. The second-order valence-electron chi connectivity index (χ2n) is 14.5. The second kappa shape index (κ2) is 13.2. The Labute approximate surface area is 325 Å². The molecule has 262 valence electrons. The third kappa shape index (κ3) is 5.34. The van der Waals surface area contributed by atoms with Crippen molar-refractivity contribution in [1.82, 2.24) is 0 Å². The van der Waals surface area contributed by atoms with Gasteiger partial charge in [0, 0.05) is 33.9 Å². The van der Waals surface area contributed by atoms with Crippen LogP contribution in [-0.2, 0) is 0 Å². The summed E-state index contributed by atoms with van der Waals surface area (Å²) in [7, 11) is 0. The molecule has 0 N–H and O–H groups in total. The van der Waals surface area contributed by atoms with Gasteiger partial charge in [-0.05, 0) is 108 Å². The van der Waals surface area contributed by atoms with Gasteiger partial charge < -0.3 is 9.32 Å². The third-order valence-corrected chi connectivity index (χ3v) is 11.3. The Bertz CT molecular complexity index is 3230. The zero-order chi connectivity index (χ0) is 37.0. The number of anilines is 3. The first-order valence-electron chi connectivity index (χ1n) is 19.2. The van der Waals surface area contributed by atoms with Gasteiger partial charge >= 0.3 is 0 Å². The van der Waals surface area contributed by atoms with Crippen LogP contribution in [0.25, 0.3) is 87.6 Å². The van der Waals surface area contributed by atoms with Crippen molar-refractivity contribution >= 4 is 71.3 Å². The van der Waals surface area contributed by atoms with Crippen LogP contribution in [-0.4, -0.2) is 0 Å². The predicted octanol–water partition coefficient (Wildman–Crippen LogP) is 15.5. The highest BCUT2D eigenvalue weighted by atomic mass is 16.3. The van der Waals surface area contributed by atoms with E-state index in [-0.39, 0.29) is 0 Å². The second-order valence-corrected chi connectivity index (χ2v) is 14.5. The van der Waals surface area contributed by atoms with Gasteiger partial charge in [0.15, 0.2) is 0 Å². The van der Waals surface area contributed by atoms with Crippen molar-refractivity contribution in [2.24, 2.45) is 0 Å². The van der Waals surface area contributed by atoms with Crippen LogP contribution < -0.4 is 4.90 Å². The smallest absolute Gasteiger partial charge is 0.137 e. The van der Waals surface area contributed by atoms with Gasteiger partial charge in [0.25, 0.3) is 0 Å². The first-order valence-corrected chi connectivity index (χ1v) is 19.2. The number of hydrogen-bond acceptors (Lipinski definition) is 2. The first-order chi connectivity index (χ1) is 27.8. The first kappa shape index (κ1) is 32.0. The molecule has 11 rings (SSSR count). The summed E-state index contributed by atoms with van der Waals surface area (Å²) in [4.78, 5) is 2.32. The van der Waals surface area contributed by atoms with Crippen LogP contribution in [0.4, 0.5) is 17.1 Å². The molecule has 0 unspecified atom stereocenters. The summed E-state index contributed by atoms with van der Waals surface area (Å²) in [5.41, 5.74) is 12.2. The molecule has 0 aliphatic heterocycles. The Morgan fingerprint density at radius 3 is 1.38 bits per heavy atom. The number of rotatable bonds is 6. The topological polar surface area (TPSA) is 16.4 Å². The van der Waals surface area contributed by atoms with Crippen molar-refractivity contribution in [3.8, 4) is 33.4 Å². The lowest BCUT2D eigenvalue weighted by atomic mass is 9.91. The quantitative estimate of drug-likeness (QED) is 0.160. The number of furan rings is 1. The SMILES string of the molecule is c1ccc(-c2cccc3c2ccc2c(-c4ccc(N(c5ccc(-c6cccc7ccccc67)cc5)c5ccc6c(c5)oc5ccccc56)cc4)cccc23)cc1. The van der Waals surface area contributed by atoms with Crippen LogP contribution in [0.1, 0.15) is 0 Å². The molecule has 2 nitrogen and oxygen atoms in total. The zero-order valence-electron chi connectivity index (χ0n) is 30.6. The molecule has 0 radical (unpaired) electrons. The van der Waals surface area contributed by atoms with Crippen molar-refractivity contribution in [3.05, 3.63) is 212 Å². The van der Waals surface area contributed by atoms with E-state index in [1.54, 1.807) is 0 Å². The molecule has 0 aliphatic rings. The highest BCUT2D eigenvalue weighted by Gasteiger charge is 2.17. The van der Waals surface area contributed by atoms with Gasteiger partial charge in [0.05, 0.1) is 0 Å². The maximum Gasteiger partial charge on any atom is 0.137 e. The number of fused-ring (bicyclic) bond motifs is 7. The fourth-order valence-electron chi connectivity index (χ4n) is 8.61. The maximum atomic E-state index is 6.39. The highest BCUT2D eigenvalue weighted by molar-refractivity contribution is 6.15. The van der Waals surface area contributed by atoms with Crippen LogP contribution in [0.3, 0.4) is 0 Å². The molecular weight excluding hydrogens is 679 g/mol. The van der Waals surface area contributed by atoms with Crippen LogP contribution in [0, 0.1) is 0 Å². The molecule has 0 aliphatic carbocycles. The molecule has 1 heterocycles. The summed E-state index contributed by atoms with van der Waals surface area (Å²) in [5, 5.41) is 9.77. The largest absolute Gasteiger partial charge is 0.456 e. The van der Waals surface area contributed by atoms with E-state index < -0.39 is 0 Å². The summed E-state index contributed by atoms with van der Waals surface area (Å²) in [6.45, 7) is 0. The predicted molar refractivity (Wildman–Crippen MR) is 237 cm³/mol. The van der Waals surface area contributed by atoms with Gasteiger partial charge in [0.1, 0.15) is 11.2 Å². The van der Waals surface area contributed by atoms with Crippen molar-refractivity contribution in [3.63, 3.8) is 0 Å². The molecule has 56 heavy (non-hydrogen) atoms. The van der Waals surface area contributed by atoms with E-state index in [1.807, 2.05) is 12.1 Å². The number of benzene rings is 10. The highest BCUT2D eigenvalue weighted by Crippen LogP contribution is 2.42. The molecular formula is C54H35NO. The summed E-state index contributed by atoms with van der Waals surface area (Å²) >= 11 is 0. The molecule has 10 aromatic carbocycles. The summed E-state index contributed by atoms with van der Waals surface area (Å²) in [5.74, 6) is 0. The monoisotopic (exact) mass is 713 g/mol. The maximum absolute atomic E-state index is 6.39. The fraction of sp³-hybridized carbons (Fsp3) is 0. The Hall–Kier alpha value is -7.42. The minimum Gasteiger partial charge on any atom is -0.456 e. The van der Waals surface area contributed by atoms with Gasteiger partial charge in [-0.1, -0.05) is 164 Å². The van der Waals surface area contributed by atoms with Gasteiger partial charge in [-0.15, -0.1) is 0 Å². The normalized spacial score (nSPS) is 11.6. The molecule has 1 aromatic heterocycles. The van der Waals surface area contributed by atoms with Crippen molar-refractivity contribution < 1.29 is 4.42 Å². The zero-order valence-corrected chi connectivity index (χ0v) is 30.6. The van der Waals surface area contributed by atoms with E-state index in [0.29, 0.717) is 0 Å². The van der Waals surface area contributed by atoms with Crippen molar-refractivity contribution in [2.75, 3.05) is 4.90 Å². The molecule has 2 heteroatoms. The molecule has 0 saturated heterocycles. The van der Waals surface area contributed by atoms with Crippen molar-refractivity contribution in [1.29, 1.82) is 0 Å². The molecule has 0 bridgehead atoms. The Morgan fingerprint density at radius 1 is 0.268 bits per heavy atom. The lowest BCUT2D eigenvalue weighted by Gasteiger charge is -2.26. The Morgan fingerprint density at radius 2 is 0.714 bits per heavy atom. The molecule has 0 spiro atoms. The molecule has 0 amide bonds. The molecule has 0 atom stereocenters. The van der Waals surface area contributed by atoms with Crippen LogP contribution in [0.15, 0.2) is 217 Å². The summed E-state index contributed by atoms with van der Waals surface area (Å²) in [6.07, 6.45) is 0. The van der Waals surface area contributed by atoms with Crippen molar-refractivity contribution in [2.45, 2.75) is 0 Å². The van der Waals surface area contributed by atoms with Gasteiger partial charge in [-0.3, -0.25) is 0 Å². The van der Waals surface area contributed by atoms with Gasteiger partial charge in [-0.2, -0.15) is 0 Å². The van der Waals surface area contributed by atoms with E-state index in [9.17, 15) is 0 Å².